The van der Waals surface area contributed by atoms with Crippen LogP contribution in [-0.4, -0.2) is 36.1 Å². The molecule has 0 bridgehead atoms. The molecule has 2 amide bonds. The molecule has 0 aliphatic carbocycles. The summed E-state index contributed by atoms with van der Waals surface area (Å²) in [6, 6.07) is 5.87. The largest absolute Gasteiger partial charge is 0.508 e. The molecular formula is C14H21N3O3. The number of amides is 2. The van der Waals surface area contributed by atoms with Gasteiger partial charge in [-0.2, -0.15) is 0 Å². The standard InChI is InChI=1S/C14H21N3O3/c1-2-16-13(19)7-8-17-14(20)12(15)9-10-3-5-11(18)6-4-10/h3-6,12,18H,2,7-9,15H2,1H3,(H,16,19)(H,17,20). The van der Waals surface area contributed by atoms with Crippen molar-refractivity contribution in [3.05, 3.63) is 29.8 Å². The first-order valence-corrected chi connectivity index (χ1v) is 6.60. The van der Waals surface area contributed by atoms with Crippen molar-refractivity contribution in [3.8, 4) is 5.75 Å². The van der Waals surface area contributed by atoms with Crippen LogP contribution >= 0.6 is 0 Å². The molecule has 1 unspecified atom stereocenters. The Bertz CT molecular complexity index is 445. The van der Waals surface area contributed by atoms with Crippen LogP contribution in [0.3, 0.4) is 0 Å². The Morgan fingerprint density at radius 2 is 1.90 bits per heavy atom. The molecule has 1 atom stereocenters. The summed E-state index contributed by atoms with van der Waals surface area (Å²) in [4.78, 5) is 22.9. The fourth-order valence-corrected chi connectivity index (χ4v) is 1.69. The van der Waals surface area contributed by atoms with Gasteiger partial charge in [-0.1, -0.05) is 12.1 Å². The van der Waals surface area contributed by atoms with Crippen molar-refractivity contribution >= 4 is 11.8 Å². The molecule has 0 aromatic heterocycles. The zero-order chi connectivity index (χ0) is 15.0. The van der Waals surface area contributed by atoms with Crippen molar-refractivity contribution in [3.63, 3.8) is 0 Å². The molecule has 0 aliphatic rings. The molecule has 20 heavy (non-hydrogen) atoms. The summed E-state index contributed by atoms with van der Waals surface area (Å²) in [5.74, 6) is -0.212. The van der Waals surface area contributed by atoms with Crippen molar-refractivity contribution in [1.29, 1.82) is 0 Å². The number of carbonyl (C=O) groups is 2. The van der Waals surface area contributed by atoms with Crippen LogP contribution in [0.1, 0.15) is 18.9 Å². The Balaban J connectivity index is 2.32. The van der Waals surface area contributed by atoms with Gasteiger partial charge in [-0.3, -0.25) is 9.59 Å². The molecule has 110 valence electrons. The number of phenols is 1. The molecule has 6 nitrogen and oxygen atoms in total. The lowest BCUT2D eigenvalue weighted by Gasteiger charge is -2.12. The van der Waals surface area contributed by atoms with Crippen LogP contribution in [0.25, 0.3) is 0 Å². The number of rotatable bonds is 7. The summed E-state index contributed by atoms with van der Waals surface area (Å²) in [5.41, 5.74) is 6.66. The highest BCUT2D eigenvalue weighted by atomic mass is 16.3. The minimum atomic E-state index is -0.672. The van der Waals surface area contributed by atoms with E-state index in [0.29, 0.717) is 13.0 Å². The van der Waals surface area contributed by atoms with Gasteiger partial charge in [0.25, 0.3) is 0 Å². The van der Waals surface area contributed by atoms with Crippen molar-refractivity contribution < 1.29 is 14.7 Å². The molecule has 5 N–H and O–H groups in total. The summed E-state index contributed by atoms with van der Waals surface area (Å²) in [6.45, 7) is 2.69. The van der Waals surface area contributed by atoms with Crippen LogP contribution in [0, 0.1) is 0 Å². The van der Waals surface area contributed by atoms with Crippen LogP contribution in [0.15, 0.2) is 24.3 Å². The van der Waals surface area contributed by atoms with E-state index in [1.807, 2.05) is 6.92 Å². The maximum absolute atomic E-state index is 11.7. The van der Waals surface area contributed by atoms with E-state index in [9.17, 15) is 9.59 Å². The van der Waals surface area contributed by atoms with E-state index in [2.05, 4.69) is 10.6 Å². The molecular weight excluding hydrogens is 258 g/mol. The smallest absolute Gasteiger partial charge is 0.237 e. The Hall–Kier alpha value is -2.08. The molecule has 0 spiro atoms. The van der Waals surface area contributed by atoms with Crippen LogP contribution < -0.4 is 16.4 Å². The van der Waals surface area contributed by atoms with Crippen LogP contribution in [0.5, 0.6) is 5.75 Å². The van der Waals surface area contributed by atoms with Crippen molar-refractivity contribution in [2.75, 3.05) is 13.1 Å². The van der Waals surface area contributed by atoms with E-state index in [0.717, 1.165) is 5.56 Å². The van der Waals surface area contributed by atoms with E-state index in [4.69, 9.17) is 10.8 Å². The molecule has 0 radical (unpaired) electrons. The maximum atomic E-state index is 11.7. The first-order valence-electron chi connectivity index (χ1n) is 6.60. The number of aromatic hydroxyl groups is 1. The summed E-state index contributed by atoms with van der Waals surface area (Å²) in [7, 11) is 0. The van der Waals surface area contributed by atoms with Crippen LogP contribution in [0.4, 0.5) is 0 Å². The van der Waals surface area contributed by atoms with Crippen molar-refractivity contribution in [2.24, 2.45) is 5.73 Å². The SMILES string of the molecule is CCNC(=O)CCNC(=O)C(N)Cc1ccc(O)cc1. The van der Waals surface area contributed by atoms with E-state index in [1.165, 1.54) is 0 Å². The molecule has 0 saturated carbocycles. The van der Waals surface area contributed by atoms with Gasteiger partial charge in [-0.25, -0.2) is 0 Å². The predicted octanol–water partition coefficient (Wildman–Crippen LogP) is -0.0956. The average molecular weight is 279 g/mol. The molecule has 0 fully saturated rings. The third-order valence-corrected chi connectivity index (χ3v) is 2.75. The lowest BCUT2D eigenvalue weighted by atomic mass is 10.1. The number of benzene rings is 1. The van der Waals surface area contributed by atoms with Crippen molar-refractivity contribution in [2.45, 2.75) is 25.8 Å². The van der Waals surface area contributed by atoms with Crippen molar-refractivity contribution in [1.82, 2.24) is 10.6 Å². The number of hydrogen-bond acceptors (Lipinski definition) is 4. The molecule has 1 aromatic rings. The summed E-state index contributed by atoms with van der Waals surface area (Å²) >= 11 is 0. The second-order valence-corrected chi connectivity index (χ2v) is 4.47. The Morgan fingerprint density at radius 1 is 1.25 bits per heavy atom. The maximum Gasteiger partial charge on any atom is 0.237 e. The minimum absolute atomic E-state index is 0.0973. The Labute approximate surface area is 118 Å². The average Bonchev–Trinajstić information content (AvgIpc) is 2.41. The topological polar surface area (TPSA) is 104 Å². The van der Waals surface area contributed by atoms with Crippen LogP contribution in [-0.2, 0) is 16.0 Å². The molecule has 1 rings (SSSR count). The molecule has 0 aliphatic heterocycles. The van der Waals surface area contributed by atoms with Gasteiger partial charge >= 0.3 is 0 Å². The lowest BCUT2D eigenvalue weighted by Crippen LogP contribution is -2.43. The van der Waals surface area contributed by atoms with E-state index >= 15 is 0 Å². The summed E-state index contributed by atoms with van der Waals surface area (Å²) < 4.78 is 0. The van der Waals surface area contributed by atoms with Gasteiger partial charge in [0.05, 0.1) is 6.04 Å². The normalized spacial score (nSPS) is 11.7. The van der Waals surface area contributed by atoms with Gasteiger partial charge in [0.15, 0.2) is 0 Å². The zero-order valence-electron chi connectivity index (χ0n) is 11.6. The Kier molecular flexibility index (Phi) is 6.52. The van der Waals surface area contributed by atoms with Gasteiger partial charge in [0.2, 0.25) is 11.8 Å². The molecule has 0 heterocycles. The third kappa shape index (κ3) is 5.71. The van der Waals surface area contributed by atoms with E-state index in [1.54, 1.807) is 24.3 Å². The number of carbonyl (C=O) groups excluding carboxylic acids is 2. The number of phenolic OH excluding ortho intramolecular Hbond substituents is 1. The summed E-state index contributed by atoms with van der Waals surface area (Å²) in [5, 5.41) is 14.4. The van der Waals surface area contributed by atoms with Gasteiger partial charge in [0.1, 0.15) is 5.75 Å². The quantitative estimate of drug-likeness (QED) is 0.559. The summed E-state index contributed by atoms with van der Waals surface area (Å²) in [6.07, 6.45) is 0.624. The second kappa shape index (κ2) is 8.16. The van der Waals surface area contributed by atoms with Gasteiger partial charge < -0.3 is 21.5 Å². The van der Waals surface area contributed by atoms with E-state index in [-0.39, 0.29) is 30.5 Å². The number of nitrogens with one attached hydrogen (secondary N) is 2. The molecule has 1 aromatic carbocycles. The fraction of sp³-hybridized carbons (Fsp3) is 0.429. The Morgan fingerprint density at radius 3 is 2.50 bits per heavy atom. The fourth-order valence-electron chi connectivity index (χ4n) is 1.69. The van der Waals surface area contributed by atoms with E-state index < -0.39 is 6.04 Å². The van der Waals surface area contributed by atoms with Gasteiger partial charge in [0, 0.05) is 19.5 Å². The third-order valence-electron chi connectivity index (χ3n) is 2.75. The lowest BCUT2D eigenvalue weighted by molar-refractivity contribution is -0.123. The monoisotopic (exact) mass is 279 g/mol. The first kappa shape index (κ1) is 16.0. The number of nitrogens with two attached hydrogens (primary N) is 1. The second-order valence-electron chi connectivity index (χ2n) is 4.47. The zero-order valence-corrected chi connectivity index (χ0v) is 11.6. The minimum Gasteiger partial charge on any atom is -0.508 e. The highest BCUT2D eigenvalue weighted by molar-refractivity contribution is 5.82. The highest BCUT2D eigenvalue weighted by Gasteiger charge is 2.14. The first-order chi connectivity index (χ1) is 9.52. The molecule has 6 heteroatoms. The highest BCUT2D eigenvalue weighted by Crippen LogP contribution is 2.10. The number of hydrogen-bond donors (Lipinski definition) is 4. The van der Waals surface area contributed by atoms with Crippen LogP contribution in [0.2, 0.25) is 0 Å². The van der Waals surface area contributed by atoms with Gasteiger partial charge in [-0.05, 0) is 31.0 Å². The van der Waals surface area contributed by atoms with Gasteiger partial charge in [-0.15, -0.1) is 0 Å². The molecule has 0 saturated heterocycles. The predicted molar refractivity (Wildman–Crippen MR) is 76.1 cm³/mol.